The summed E-state index contributed by atoms with van der Waals surface area (Å²) in [5.74, 6) is 1.65. The molecule has 1 fully saturated rings. The molecule has 2 aliphatic heterocycles. The van der Waals surface area contributed by atoms with Gasteiger partial charge in [0.1, 0.15) is 10.1 Å². The minimum Gasteiger partial charge on any atom is -0.491 e. The van der Waals surface area contributed by atoms with E-state index in [1.54, 1.807) is 30.3 Å². The maximum Gasteiger partial charge on any atom is 0.266 e. The Balaban J connectivity index is 1.32. The minimum atomic E-state index is -0.220. The van der Waals surface area contributed by atoms with Gasteiger partial charge in [-0.2, -0.15) is 0 Å². The predicted octanol–water partition coefficient (Wildman–Crippen LogP) is 3.83. The van der Waals surface area contributed by atoms with Gasteiger partial charge in [-0.25, -0.2) is 0 Å². The zero-order valence-electron chi connectivity index (χ0n) is 17.6. The van der Waals surface area contributed by atoms with Gasteiger partial charge in [-0.05, 0) is 61.9 Å². The molecule has 0 radical (unpaired) electrons. The van der Waals surface area contributed by atoms with Gasteiger partial charge in [0.2, 0.25) is 6.79 Å². The number of amides is 2. The van der Waals surface area contributed by atoms with Gasteiger partial charge < -0.3 is 19.5 Å². The van der Waals surface area contributed by atoms with E-state index in [2.05, 4.69) is 5.32 Å². The van der Waals surface area contributed by atoms with E-state index >= 15 is 0 Å². The standard InChI is InChI=1S/C23H22N2O5S2/c1-14(2)30-17-6-4-16(5-7-17)21(26)24-9-10-25-22(27)20(32-23(25)31)12-15-3-8-18-19(11-15)29-13-28-18/h3-8,11-12,14H,9-10,13H2,1-2H3,(H,24,26)/b20-12+. The monoisotopic (exact) mass is 470 g/mol. The van der Waals surface area contributed by atoms with Crippen LogP contribution in [0.1, 0.15) is 29.8 Å². The van der Waals surface area contributed by atoms with Crippen molar-refractivity contribution in [1.82, 2.24) is 10.2 Å². The van der Waals surface area contributed by atoms with Crippen LogP contribution < -0.4 is 19.5 Å². The van der Waals surface area contributed by atoms with Gasteiger partial charge >= 0.3 is 0 Å². The summed E-state index contributed by atoms with van der Waals surface area (Å²) in [6.45, 7) is 4.66. The average Bonchev–Trinajstić information content (AvgIpc) is 3.33. The Morgan fingerprint density at radius 1 is 1.22 bits per heavy atom. The maximum atomic E-state index is 12.8. The number of nitrogens with zero attached hydrogens (tertiary/aromatic N) is 1. The van der Waals surface area contributed by atoms with E-state index in [0.29, 0.717) is 38.6 Å². The Morgan fingerprint density at radius 3 is 2.72 bits per heavy atom. The molecule has 2 aromatic carbocycles. The highest BCUT2D eigenvalue weighted by atomic mass is 32.2. The van der Waals surface area contributed by atoms with E-state index in [-0.39, 0.29) is 31.3 Å². The number of ether oxygens (including phenoxy) is 3. The molecule has 2 heterocycles. The third-order valence-corrected chi connectivity index (χ3v) is 6.06. The zero-order chi connectivity index (χ0) is 22.7. The molecule has 1 N–H and O–H groups in total. The molecular weight excluding hydrogens is 448 g/mol. The van der Waals surface area contributed by atoms with Crippen LogP contribution in [0.5, 0.6) is 17.2 Å². The van der Waals surface area contributed by atoms with Gasteiger partial charge in [0.15, 0.2) is 11.5 Å². The van der Waals surface area contributed by atoms with Crippen LogP contribution in [-0.4, -0.2) is 47.0 Å². The molecule has 0 aliphatic carbocycles. The van der Waals surface area contributed by atoms with E-state index in [9.17, 15) is 9.59 Å². The number of thiocarbonyl (C=S) groups is 1. The Kier molecular flexibility index (Phi) is 6.66. The second kappa shape index (κ2) is 9.62. The second-order valence-electron chi connectivity index (χ2n) is 7.39. The van der Waals surface area contributed by atoms with Crippen molar-refractivity contribution < 1.29 is 23.8 Å². The van der Waals surface area contributed by atoms with Gasteiger partial charge in [-0.3, -0.25) is 14.5 Å². The molecule has 2 aromatic rings. The first kappa shape index (κ1) is 22.2. The quantitative estimate of drug-likeness (QED) is 0.487. The number of rotatable bonds is 7. The number of fused-ring (bicyclic) bond motifs is 1. The van der Waals surface area contributed by atoms with Crippen molar-refractivity contribution in [2.75, 3.05) is 19.9 Å². The first-order valence-corrected chi connectivity index (χ1v) is 11.3. The molecule has 32 heavy (non-hydrogen) atoms. The van der Waals surface area contributed by atoms with E-state index in [1.807, 2.05) is 32.0 Å². The van der Waals surface area contributed by atoms with Crippen LogP contribution in [0.25, 0.3) is 6.08 Å². The van der Waals surface area contributed by atoms with Gasteiger partial charge in [0.05, 0.1) is 11.0 Å². The number of benzene rings is 2. The highest BCUT2D eigenvalue weighted by Crippen LogP contribution is 2.36. The molecule has 2 amide bonds. The normalized spacial score (nSPS) is 16.2. The lowest BCUT2D eigenvalue weighted by Crippen LogP contribution is -2.37. The number of carbonyl (C=O) groups is 2. The number of nitrogens with one attached hydrogen (secondary N) is 1. The lowest BCUT2D eigenvalue weighted by Gasteiger charge is -2.15. The van der Waals surface area contributed by atoms with E-state index < -0.39 is 0 Å². The summed E-state index contributed by atoms with van der Waals surface area (Å²) < 4.78 is 16.7. The summed E-state index contributed by atoms with van der Waals surface area (Å²) in [4.78, 5) is 27.2. The summed E-state index contributed by atoms with van der Waals surface area (Å²) in [5.41, 5.74) is 1.35. The molecule has 0 aromatic heterocycles. The third-order valence-electron chi connectivity index (χ3n) is 4.68. The summed E-state index contributed by atoms with van der Waals surface area (Å²) >= 11 is 6.61. The Bertz CT molecular complexity index is 1080. The smallest absolute Gasteiger partial charge is 0.266 e. The molecular formula is C23H22N2O5S2. The lowest BCUT2D eigenvalue weighted by molar-refractivity contribution is -0.122. The fraction of sp³-hybridized carbons (Fsp3) is 0.261. The fourth-order valence-corrected chi connectivity index (χ4v) is 4.50. The Morgan fingerprint density at radius 2 is 1.97 bits per heavy atom. The Labute approximate surface area is 195 Å². The largest absolute Gasteiger partial charge is 0.491 e. The van der Waals surface area contributed by atoms with Gasteiger partial charge in [-0.1, -0.05) is 30.0 Å². The summed E-state index contributed by atoms with van der Waals surface area (Å²) in [6.07, 6.45) is 1.85. The molecule has 1 saturated heterocycles. The second-order valence-corrected chi connectivity index (χ2v) is 9.07. The van der Waals surface area contributed by atoms with Crippen molar-refractivity contribution in [3.8, 4) is 17.2 Å². The van der Waals surface area contributed by atoms with Gasteiger partial charge in [0.25, 0.3) is 11.8 Å². The topological polar surface area (TPSA) is 77.1 Å². The average molecular weight is 471 g/mol. The molecule has 9 heteroatoms. The van der Waals surface area contributed by atoms with Crippen LogP contribution in [0.15, 0.2) is 47.4 Å². The summed E-state index contributed by atoms with van der Waals surface area (Å²) in [5, 5.41) is 2.83. The molecule has 0 atom stereocenters. The van der Waals surface area contributed by atoms with Crippen LogP contribution in [0.2, 0.25) is 0 Å². The molecule has 0 saturated carbocycles. The van der Waals surface area contributed by atoms with Crippen LogP contribution >= 0.6 is 24.0 Å². The van der Waals surface area contributed by atoms with Crippen LogP contribution in [0.4, 0.5) is 0 Å². The highest BCUT2D eigenvalue weighted by Gasteiger charge is 2.31. The SMILES string of the molecule is CC(C)Oc1ccc(C(=O)NCCN2C(=O)/C(=C\c3ccc4c(c3)OCO4)SC2=S)cc1. The van der Waals surface area contributed by atoms with Crippen LogP contribution in [-0.2, 0) is 4.79 Å². The van der Waals surface area contributed by atoms with Crippen molar-refractivity contribution in [2.24, 2.45) is 0 Å². The molecule has 4 rings (SSSR count). The lowest BCUT2D eigenvalue weighted by atomic mass is 10.2. The summed E-state index contributed by atoms with van der Waals surface area (Å²) in [7, 11) is 0. The van der Waals surface area contributed by atoms with Crippen LogP contribution in [0.3, 0.4) is 0 Å². The van der Waals surface area contributed by atoms with E-state index in [1.165, 1.54) is 16.7 Å². The zero-order valence-corrected chi connectivity index (χ0v) is 19.3. The molecule has 2 aliphatic rings. The molecule has 0 unspecified atom stereocenters. The number of hydrogen-bond acceptors (Lipinski definition) is 7. The molecule has 0 bridgehead atoms. The first-order valence-electron chi connectivity index (χ1n) is 10.1. The van der Waals surface area contributed by atoms with Crippen molar-refractivity contribution >= 4 is 46.2 Å². The highest BCUT2D eigenvalue weighted by molar-refractivity contribution is 8.26. The molecule has 166 valence electrons. The van der Waals surface area contributed by atoms with E-state index in [0.717, 1.165) is 5.56 Å². The predicted molar refractivity (Wildman–Crippen MR) is 127 cm³/mol. The summed E-state index contributed by atoms with van der Waals surface area (Å²) in [6, 6.07) is 12.4. The molecule has 0 spiro atoms. The van der Waals surface area contributed by atoms with E-state index in [4.69, 9.17) is 26.4 Å². The van der Waals surface area contributed by atoms with Crippen molar-refractivity contribution in [3.05, 3.63) is 58.5 Å². The maximum absolute atomic E-state index is 12.8. The van der Waals surface area contributed by atoms with Crippen molar-refractivity contribution in [1.29, 1.82) is 0 Å². The molecule has 7 nitrogen and oxygen atoms in total. The van der Waals surface area contributed by atoms with Gasteiger partial charge in [-0.15, -0.1) is 0 Å². The first-order chi connectivity index (χ1) is 15.4. The van der Waals surface area contributed by atoms with Crippen LogP contribution in [0, 0.1) is 0 Å². The number of thioether (sulfide) groups is 1. The van der Waals surface area contributed by atoms with Crippen molar-refractivity contribution in [2.45, 2.75) is 20.0 Å². The number of hydrogen-bond donors (Lipinski definition) is 1. The number of carbonyl (C=O) groups excluding carboxylic acids is 2. The van der Waals surface area contributed by atoms with Crippen molar-refractivity contribution in [3.63, 3.8) is 0 Å². The van der Waals surface area contributed by atoms with Gasteiger partial charge in [0, 0.05) is 18.7 Å². The minimum absolute atomic E-state index is 0.0679. The Hall–Kier alpha value is -3.04. The fourth-order valence-electron chi connectivity index (χ4n) is 3.19. The third kappa shape index (κ3) is 5.05.